The number of fused-ring (bicyclic) bond motifs is 2. The second-order valence-corrected chi connectivity index (χ2v) is 16.1. The van der Waals surface area contributed by atoms with Crippen LogP contribution in [0.25, 0.3) is 10.9 Å². The maximum atomic E-state index is 13.5. The molecule has 3 aliphatic heterocycles. The van der Waals surface area contributed by atoms with Crippen LogP contribution in [-0.2, 0) is 30.6 Å². The average molecular weight is 835 g/mol. The molecule has 1 aromatic carbocycles. The van der Waals surface area contributed by atoms with E-state index in [1.165, 1.54) is 40.0 Å². The minimum absolute atomic E-state index is 0. The van der Waals surface area contributed by atoms with Crippen LogP contribution < -0.4 is 61.6 Å². The van der Waals surface area contributed by atoms with Crippen molar-refractivity contribution in [3.8, 4) is 11.5 Å². The van der Waals surface area contributed by atoms with E-state index in [2.05, 4.69) is 20.8 Å². The molecule has 5 heterocycles. The Bertz CT molecular complexity index is 2270. The smallest absolute Gasteiger partial charge is 0.546 e. The van der Waals surface area contributed by atoms with Gasteiger partial charge in [-0.1, -0.05) is 5.16 Å². The quantitative estimate of drug-likeness (QED) is 0.0255. The van der Waals surface area contributed by atoms with Crippen LogP contribution in [0.2, 0.25) is 0 Å². The predicted molar refractivity (Wildman–Crippen MR) is 199 cm³/mol. The Kier molecular flexibility index (Phi) is 13.0. The topological polar surface area (TPSA) is 282 Å². The molecule has 57 heavy (non-hydrogen) atoms. The molecule has 0 unspecified atom stereocenters. The summed E-state index contributed by atoms with van der Waals surface area (Å²) in [6, 6.07) is 1.35. The van der Waals surface area contributed by atoms with E-state index in [1.54, 1.807) is 6.92 Å². The van der Waals surface area contributed by atoms with Gasteiger partial charge in [-0.25, -0.2) is 4.98 Å². The number of carbonyl (C=O) groups is 5. The number of carboxylic acid groups (broad SMARTS) is 2. The van der Waals surface area contributed by atoms with Crippen molar-refractivity contribution in [3.63, 3.8) is 0 Å². The fraction of sp³-hybridized carbons (Fsp3) is 0.429. The fourth-order valence-electron chi connectivity index (χ4n) is 7.05. The Balaban J connectivity index is 0.00000620. The Morgan fingerprint density at radius 1 is 1.16 bits per heavy atom. The standard InChI is InChI=1S/C35H40N8O11S2.Na/c1-4-41-13-19(26(45)18-7-8-21(44)27(46)25(18)41)28(47)37-9-12-43(10-5-6-11-43)14-17-15-55-31-23(30(49)42(31)24(17)32(50)51)39-29(48)22(20-16-56-34(36)38-20)40-54-35(2,3)33(52)53;/h7-8,13,16,23,31H,4-6,9-12,14-15H2,1-3H3,(H7-,36,37,38,39,40,44,45,46,47,48,50,51,52,53);/q;+1/p-1/t23-,31-;/m1./s1. The van der Waals surface area contributed by atoms with Crippen LogP contribution in [0.3, 0.4) is 0 Å². The van der Waals surface area contributed by atoms with Gasteiger partial charge in [0.1, 0.15) is 29.2 Å². The number of aromatic hydroxyl groups is 2. The number of phenolic OH excluding ortho intramolecular Hbond substituents is 2. The summed E-state index contributed by atoms with van der Waals surface area (Å²) in [6.45, 7) is 6.50. The monoisotopic (exact) mass is 834 g/mol. The molecule has 0 spiro atoms. The molecule has 2 aromatic heterocycles. The number of rotatable bonds is 14. The van der Waals surface area contributed by atoms with E-state index in [0.717, 1.165) is 42.9 Å². The number of anilines is 1. The van der Waals surface area contributed by atoms with Crippen molar-refractivity contribution in [2.45, 2.75) is 57.2 Å². The number of hydrogen-bond donors (Lipinski definition) is 5. The number of hydrogen-bond acceptors (Lipinski definition) is 16. The van der Waals surface area contributed by atoms with Crippen molar-refractivity contribution in [2.75, 3.05) is 44.2 Å². The number of nitrogen functional groups attached to an aromatic ring is 1. The van der Waals surface area contributed by atoms with Crippen LogP contribution in [0, 0.1) is 0 Å². The predicted octanol–water partition coefficient (Wildman–Crippen LogP) is -4.83. The number of benzene rings is 1. The van der Waals surface area contributed by atoms with Crippen molar-refractivity contribution in [1.29, 1.82) is 0 Å². The first-order valence-corrected chi connectivity index (χ1v) is 19.5. The number of likely N-dealkylation sites (tertiary alicyclic amines) is 1. The van der Waals surface area contributed by atoms with Crippen LogP contribution >= 0.6 is 23.1 Å². The van der Waals surface area contributed by atoms with Gasteiger partial charge in [-0.15, -0.1) is 23.1 Å². The van der Waals surface area contributed by atoms with Gasteiger partial charge in [0.05, 0.1) is 54.7 Å². The Labute approximate surface area is 355 Å². The number of aliphatic carboxylic acids is 2. The molecule has 2 fully saturated rings. The van der Waals surface area contributed by atoms with Crippen LogP contribution in [0.4, 0.5) is 5.13 Å². The second-order valence-electron chi connectivity index (χ2n) is 14.1. The first kappa shape index (κ1) is 43.5. The summed E-state index contributed by atoms with van der Waals surface area (Å²) in [4.78, 5) is 87.8. The maximum absolute atomic E-state index is 13.5. The Morgan fingerprint density at radius 2 is 1.86 bits per heavy atom. The van der Waals surface area contributed by atoms with Crippen LogP contribution in [0.1, 0.15) is 49.7 Å². The number of pyridine rings is 1. The number of carbonyl (C=O) groups excluding carboxylic acids is 5. The van der Waals surface area contributed by atoms with E-state index in [0.29, 0.717) is 36.2 Å². The summed E-state index contributed by atoms with van der Waals surface area (Å²) in [5.41, 5.74) is 2.83. The first-order chi connectivity index (χ1) is 26.5. The molecule has 22 heteroatoms. The molecule has 6 rings (SSSR count). The third-order valence-corrected chi connectivity index (χ3v) is 12.1. The van der Waals surface area contributed by atoms with Gasteiger partial charge in [0.25, 0.3) is 17.7 Å². The number of nitrogens with two attached hydrogens (primary N) is 1. The summed E-state index contributed by atoms with van der Waals surface area (Å²) in [5, 5.41) is 54.2. The number of amides is 3. The maximum Gasteiger partial charge on any atom is 1.00 e. The minimum atomic E-state index is -1.92. The van der Waals surface area contributed by atoms with E-state index in [1.807, 2.05) is 0 Å². The molecule has 19 nitrogen and oxygen atoms in total. The zero-order valence-corrected chi connectivity index (χ0v) is 35.2. The number of β-lactam (4-membered cyclic amide) rings is 1. The van der Waals surface area contributed by atoms with Crippen molar-refractivity contribution < 1.29 is 83.3 Å². The molecule has 6 N–H and O–H groups in total. The first-order valence-electron chi connectivity index (χ1n) is 17.6. The molecule has 3 aliphatic rings. The second kappa shape index (κ2) is 17.0. The molecule has 2 atom stereocenters. The number of quaternary nitrogens is 1. The van der Waals surface area contributed by atoms with Gasteiger partial charge in [0, 0.05) is 42.3 Å². The molecule has 0 bridgehead atoms. The third-order valence-electron chi connectivity index (χ3n) is 10.1. The van der Waals surface area contributed by atoms with Gasteiger partial charge >= 0.3 is 29.6 Å². The van der Waals surface area contributed by atoms with Crippen LogP contribution in [0.5, 0.6) is 11.5 Å². The number of thioether (sulfide) groups is 1. The molecule has 0 aliphatic carbocycles. The number of carboxylic acids is 2. The van der Waals surface area contributed by atoms with Crippen molar-refractivity contribution in [2.24, 2.45) is 5.16 Å². The van der Waals surface area contributed by atoms with E-state index < -0.39 is 69.3 Å². The molecule has 298 valence electrons. The Morgan fingerprint density at radius 3 is 2.47 bits per heavy atom. The molecule has 3 aromatic rings. The average Bonchev–Trinajstić information content (AvgIpc) is 3.80. The largest absolute Gasteiger partial charge is 1.00 e. The van der Waals surface area contributed by atoms with Gasteiger partial charge in [0.15, 0.2) is 27.9 Å². The number of aryl methyl sites for hydroxylation is 1. The zero-order chi connectivity index (χ0) is 40.7. The zero-order valence-electron chi connectivity index (χ0n) is 31.5. The van der Waals surface area contributed by atoms with Gasteiger partial charge in [-0.3, -0.25) is 24.1 Å². The summed E-state index contributed by atoms with van der Waals surface area (Å²) in [5.74, 6) is -6.11. The van der Waals surface area contributed by atoms with Gasteiger partial charge in [-0.05, 0) is 32.9 Å². The van der Waals surface area contributed by atoms with Crippen molar-refractivity contribution >= 4 is 74.5 Å². The fourth-order valence-corrected chi connectivity index (χ4v) is 8.94. The number of aromatic nitrogens is 2. The number of oxime groups is 1. The van der Waals surface area contributed by atoms with Gasteiger partial charge < -0.3 is 60.3 Å². The number of nitrogens with one attached hydrogen (secondary N) is 2. The van der Waals surface area contributed by atoms with E-state index >= 15 is 0 Å². The van der Waals surface area contributed by atoms with E-state index in [-0.39, 0.29) is 81.4 Å². The molecule has 0 saturated carbocycles. The summed E-state index contributed by atoms with van der Waals surface area (Å²) in [7, 11) is 0. The van der Waals surface area contributed by atoms with Crippen molar-refractivity contribution in [1.82, 2.24) is 25.1 Å². The number of phenols is 2. The van der Waals surface area contributed by atoms with Crippen LogP contribution in [0.15, 0.2) is 44.9 Å². The van der Waals surface area contributed by atoms with Gasteiger partial charge in [0.2, 0.25) is 5.43 Å². The van der Waals surface area contributed by atoms with Crippen molar-refractivity contribution in [3.05, 3.63) is 56.5 Å². The number of nitrogens with zero attached hydrogens (tertiary/aromatic N) is 5. The van der Waals surface area contributed by atoms with Gasteiger partial charge in [-0.2, -0.15) is 0 Å². The summed E-state index contributed by atoms with van der Waals surface area (Å²) < 4.78 is 1.91. The van der Waals surface area contributed by atoms with E-state index in [4.69, 9.17) is 10.6 Å². The Hall–Kier alpha value is -4.67. The normalized spacial score (nSPS) is 19.0. The molecular formula is C35H39N8NaO11S2. The minimum Gasteiger partial charge on any atom is -0.546 e. The molecule has 3 amide bonds. The summed E-state index contributed by atoms with van der Waals surface area (Å²) >= 11 is 2.23. The number of thiazole rings is 1. The molecule has 2 saturated heterocycles. The summed E-state index contributed by atoms with van der Waals surface area (Å²) in [6.07, 6.45) is 3.02. The van der Waals surface area contributed by atoms with E-state index in [9.17, 15) is 49.2 Å². The molecule has 0 radical (unpaired) electrons. The third kappa shape index (κ3) is 8.49. The molecular weight excluding hydrogens is 796 g/mol. The van der Waals surface area contributed by atoms with Crippen LogP contribution in [-0.4, -0.2) is 120 Å². The SMILES string of the molecule is CCn1cc(C(=O)NCC[N+]2(CC3=C(C(=O)[O-])N4C(=O)[C@@H](NC(=O)/C(=N\OC(C)(C)C(=O)[O-])c5csc(N)n5)[C@H]4SC3)CCCC2)c(=O)c2ccc(O)c(O)c21.[Na+].